The van der Waals surface area contributed by atoms with Crippen LogP contribution in [0, 0.1) is 5.92 Å². The van der Waals surface area contributed by atoms with Gasteiger partial charge in [0.25, 0.3) is 0 Å². The van der Waals surface area contributed by atoms with E-state index in [-0.39, 0.29) is 0 Å². The van der Waals surface area contributed by atoms with Gasteiger partial charge in [-0.15, -0.1) is 0 Å². The summed E-state index contributed by atoms with van der Waals surface area (Å²) in [6.45, 7) is 6.43. The molecule has 1 fully saturated rings. The quantitative estimate of drug-likeness (QED) is 0.850. The van der Waals surface area contributed by atoms with Gasteiger partial charge in [-0.2, -0.15) is 0 Å². The number of rotatable bonds is 2. The Bertz CT molecular complexity index is 428. The van der Waals surface area contributed by atoms with Crippen LogP contribution in [-0.2, 0) is 19.5 Å². The Hall–Kier alpha value is -0.960. The molecule has 2 unspecified atom stereocenters. The smallest absolute Gasteiger partial charge is 0.132 e. The highest BCUT2D eigenvalue weighted by Gasteiger charge is 2.27. The van der Waals surface area contributed by atoms with Crippen molar-refractivity contribution < 1.29 is 0 Å². The fraction of sp³-hybridized carbons (Fsp3) is 0.714. The molecule has 0 radical (unpaired) electrons. The second-order valence-electron chi connectivity index (χ2n) is 5.53. The summed E-state index contributed by atoms with van der Waals surface area (Å²) >= 11 is 0. The van der Waals surface area contributed by atoms with Crippen molar-refractivity contribution >= 4 is 0 Å². The number of nitrogens with one attached hydrogen (secondary N) is 1. The number of aromatic nitrogens is 2. The maximum atomic E-state index is 4.83. The Labute approximate surface area is 103 Å². The van der Waals surface area contributed by atoms with E-state index in [0.29, 0.717) is 5.92 Å². The Kier molecular flexibility index (Phi) is 2.87. The SMILES string of the molecule is CCc1nc(C2CCC(C)C2)nc2c1CNC2. The lowest BCUT2D eigenvalue weighted by Gasteiger charge is -2.12. The Morgan fingerprint density at radius 2 is 2.12 bits per heavy atom. The number of hydrogen-bond acceptors (Lipinski definition) is 3. The van der Waals surface area contributed by atoms with Gasteiger partial charge in [0.1, 0.15) is 5.82 Å². The minimum absolute atomic E-state index is 0.612. The molecule has 2 heterocycles. The van der Waals surface area contributed by atoms with E-state index in [2.05, 4.69) is 19.2 Å². The molecule has 0 saturated heterocycles. The summed E-state index contributed by atoms with van der Waals surface area (Å²) in [4.78, 5) is 9.63. The van der Waals surface area contributed by atoms with Crippen LogP contribution in [0.3, 0.4) is 0 Å². The molecule has 1 N–H and O–H groups in total. The van der Waals surface area contributed by atoms with Crippen LogP contribution in [0.15, 0.2) is 0 Å². The van der Waals surface area contributed by atoms with Crippen LogP contribution in [0.2, 0.25) is 0 Å². The zero-order chi connectivity index (χ0) is 11.8. The molecule has 2 aliphatic rings. The molecule has 0 amide bonds. The monoisotopic (exact) mass is 231 g/mol. The maximum absolute atomic E-state index is 4.83. The van der Waals surface area contributed by atoms with E-state index < -0.39 is 0 Å². The van der Waals surface area contributed by atoms with Crippen molar-refractivity contribution in [1.29, 1.82) is 0 Å². The summed E-state index contributed by atoms with van der Waals surface area (Å²) in [5.74, 6) is 2.58. The third kappa shape index (κ3) is 1.97. The van der Waals surface area contributed by atoms with E-state index in [0.717, 1.165) is 31.3 Å². The largest absolute Gasteiger partial charge is 0.307 e. The third-order valence-corrected chi connectivity index (χ3v) is 4.18. The Morgan fingerprint density at radius 1 is 1.24 bits per heavy atom. The molecule has 1 aromatic rings. The minimum atomic E-state index is 0.612. The number of fused-ring (bicyclic) bond motifs is 1. The molecule has 1 saturated carbocycles. The summed E-state index contributed by atoms with van der Waals surface area (Å²) in [6.07, 6.45) is 4.92. The van der Waals surface area contributed by atoms with Gasteiger partial charge in [0, 0.05) is 30.3 Å². The number of aryl methyl sites for hydroxylation is 1. The molecular formula is C14H21N3. The van der Waals surface area contributed by atoms with E-state index >= 15 is 0 Å². The van der Waals surface area contributed by atoms with Gasteiger partial charge in [-0.3, -0.25) is 0 Å². The van der Waals surface area contributed by atoms with Crippen molar-refractivity contribution in [2.75, 3.05) is 0 Å². The first-order valence-corrected chi connectivity index (χ1v) is 6.87. The van der Waals surface area contributed by atoms with Crippen molar-refractivity contribution in [2.45, 2.75) is 58.5 Å². The molecule has 92 valence electrons. The van der Waals surface area contributed by atoms with E-state index in [4.69, 9.17) is 9.97 Å². The standard InChI is InChI=1S/C14H21N3/c1-3-12-11-7-15-8-13(11)17-14(16-12)10-5-4-9(2)6-10/h9-10,15H,3-8H2,1-2H3. The highest BCUT2D eigenvalue weighted by Crippen LogP contribution is 2.37. The van der Waals surface area contributed by atoms with Crippen LogP contribution in [0.1, 0.15) is 61.8 Å². The molecule has 3 rings (SSSR count). The van der Waals surface area contributed by atoms with Crippen LogP contribution in [0.25, 0.3) is 0 Å². The highest BCUT2D eigenvalue weighted by atomic mass is 15.0. The second kappa shape index (κ2) is 4.37. The van der Waals surface area contributed by atoms with Crippen LogP contribution in [0.4, 0.5) is 0 Å². The van der Waals surface area contributed by atoms with Crippen molar-refractivity contribution in [3.05, 3.63) is 22.8 Å². The normalized spacial score (nSPS) is 27.4. The summed E-state index contributed by atoms with van der Waals surface area (Å²) in [5, 5.41) is 3.39. The lowest BCUT2D eigenvalue weighted by molar-refractivity contribution is 0.582. The summed E-state index contributed by atoms with van der Waals surface area (Å²) in [6, 6.07) is 0. The first kappa shape index (κ1) is 11.1. The van der Waals surface area contributed by atoms with Crippen LogP contribution >= 0.6 is 0 Å². The fourth-order valence-corrected chi connectivity index (χ4v) is 3.18. The van der Waals surface area contributed by atoms with Crippen LogP contribution < -0.4 is 5.32 Å². The fourth-order valence-electron chi connectivity index (χ4n) is 3.18. The highest BCUT2D eigenvalue weighted by molar-refractivity contribution is 5.30. The molecule has 0 aromatic carbocycles. The number of hydrogen-bond donors (Lipinski definition) is 1. The van der Waals surface area contributed by atoms with Gasteiger partial charge in [0.15, 0.2) is 0 Å². The van der Waals surface area contributed by atoms with Crippen LogP contribution in [-0.4, -0.2) is 9.97 Å². The van der Waals surface area contributed by atoms with Gasteiger partial charge < -0.3 is 5.32 Å². The van der Waals surface area contributed by atoms with Gasteiger partial charge in [-0.25, -0.2) is 9.97 Å². The summed E-state index contributed by atoms with van der Waals surface area (Å²) in [5.41, 5.74) is 3.89. The third-order valence-electron chi connectivity index (χ3n) is 4.18. The topological polar surface area (TPSA) is 37.8 Å². The van der Waals surface area contributed by atoms with Crippen molar-refractivity contribution in [3.63, 3.8) is 0 Å². The molecule has 1 aromatic heterocycles. The molecule has 0 bridgehead atoms. The zero-order valence-electron chi connectivity index (χ0n) is 10.8. The van der Waals surface area contributed by atoms with Gasteiger partial charge in [-0.1, -0.05) is 13.8 Å². The minimum Gasteiger partial charge on any atom is -0.307 e. The van der Waals surface area contributed by atoms with Gasteiger partial charge in [0.05, 0.1) is 5.69 Å². The average Bonchev–Trinajstić information content (AvgIpc) is 2.95. The summed E-state index contributed by atoms with van der Waals surface area (Å²) in [7, 11) is 0. The van der Waals surface area contributed by atoms with Crippen molar-refractivity contribution in [1.82, 2.24) is 15.3 Å². The zero-order valence-corrected chi connectivity index (χ0v) is 10.8. The predicted molar refractivity (Wildman–Crippen MR) is 67.7 cm³/mol. The molecule has 0 spiro atoms. The second-order valence-corrected chi connectivity index (χ2v) is 5.53. The average molecular weight is 231 g/mol. The first-order chi connectivity index (χ1) is 8.28. The van der Waals surface area contributed by atoms with Gasteiger partial charge in [0.2, 0.25) is 0 Å². The molecule has 2 atom stereocenters. The van der Waals surface area contributed by atoms with Gasteiger partial charge >= 0.3 is 0 Å². The molecule has 1 aliphatic carbocycles. The maximum Gasteiger partial charge on any atom is 0.132 e. The lowest BCUT2D eigenvalue weighted by Crippen LogP contribution is -2.08. The summed E-state index contributed by atoms with van der Waals surface area (Å²) < 4.78 is 0. The Balaban J connectivity index is 1.95. The van der Waals surface area contributed by atoms with Crippen molar-refractivity contribution in [2.24, 2.45) is 5.92 Å². The van der Waals surface area contributed by atoms with E-state index in [1.807, 2.05) is 0 Å². The molecular weight excluding hydrogens is 210 g/mol. The van der Waals surface area contributed by atoms with Crippen molar-refractivity contribution in [3.8, 4) is 0 Å². The molecule has 17 heavy (non-hydrogen) atoms. The van der Waals surface area contributed by atoms with E-state index in [1.165, 1.54) is 36.2 Å². The van der Waals surface area contributed by atoms with Crippen LogP contribution in [0.5, 0.6) is 0 Å². The first-order valence-electron chi connectivity index (χ1n) is 6.87. The molecule has 1 aliphatic heterocycles. The van der Waals surface area contributed by atoms with E-state index in [1.54, 1.807) is 0 Å². The predicted octanol–water partition coefficient (Wildman–Crippen LogP) is 2.55. The number of nitrogens with zero attached hydrogens (tertiary/aromatic N) is 2. The molecule has 3 nitrogen and oxygen atoms in total. The van der Waals surface area contributed by atoms with Gasteiger partial charge in [-0.05, 0) is 31.6 Å². The Morgan fingerprint density at radius 3 is 2.82 bits per heavy atom. The van der Waals surface area contributed by atoms with E-state index in [9.17, 15) is 0 Å². The lowest BCUT2D eigenvalue weighted by atomic mass is 10.0. The molecule has 3 heteroatoms.